The summed E-state index contributed by atoms with van der Waals surface area (Å²) in [6.07, 6.45) is 4.84. The van der Waals surface area contributed by atoms with Crippen molar-refractivity contribution >= 4 is 11.8 Å². The van der Waals surface area contributed by atoms with Crippen molar-refractivity contribution in [2.24, 2.45) is 0 Å². The zero-order valence-corrected chi connectivity index (χ0v) is 10.6. The maximum atomic E-state index is 4.96. The molecule has 1 heterocycles. The summed E-state index contributed by atoms with van der Waals surface area (Å²) < 4.78 is 4.96. The van der Waals surface area contributed by atoms with E-state index >= 15 is 0 Å². The molecule has 0 saturated heterocycles. The summed E-state index contributed by atoms with van der Waals surface area (Å²) in [7, 11) is 1.69. The molecular formula is C11H21N5O. The molecule has 0 aliphatic rings. The Morgan fingerprint density at radius 2 is 2.06 bits per heavy atom. The fourth-order valence-corrected chi connectivity index (χ4v) is 1.27. The Kier molecular flexibility index (Phi) is 6.97. The third-order valence-electron chi connectivity index (χ3n) is 2.20. The van der Waals surface area contributed by atoms with Gasteiger partial charge in [0.25, 0.3) is 0 Å². The van der Waals surface area contributed by atoms with E-state index in [1.54, 1.807) is 13.3 Å². The van der Waals surface area contributed by atoms with E-state index < -0.39 is 0 Å². The van der Waals surface area contributed by atoms with Crippen LogP contribution in [0.15, 0.2) is 6.20 Å². The van der Waals surface area contributed by atoms with E-state index in [0.29, 0.717) is 5.95 Å². The van der Waals surface area contributed by atoms with Crippen LogP contribution in [0.4, 0.5) is 11.8 Å². The molecule has 0 amide bonds. The quantitative estimate of drug-likeness (QED) is 0.637. The molecule has 0 fully saturated rings. The van der Waals surface area contributed by atoms with Crippen LogP contribution in [0.1, 0.15) is 26.2 Å². The summed E-state index contributed by atoms with van der Waals surface area (Å²) in [5, 5.41) is 14.1. The lowest BCUT2D eigenvalue weighted by Crippen LogP contribution is -2.10. The molecule has 0 unspecified atom stereocenters. The number of hydrogen-bond donors (Lipinski definition) is 2. The largest absolute Gasteiger partial charge is 0.385 e. The number of aromatic nitrogens is 3. The minimum Gasteiger partial charge on any atom is -0.385 e. The maximum Gasteiger partial charge on any atom is 0.244 e. The van der Waals surface area contributed by atoms with E-state index in [-0.39, 0.29) is 0 Å². The predicted molar refractivity (Wildman–Crippen MR) is 68.2 cm³/mol. The van der Waals surface area contributed by atoms with Crippen molar-refractivity contribution in [2.45, 2.75) is 26.2 Å². The topological polar surface area (TPSA) is 72.0 Å². The molecule has 0 spiro atoms. The highest BCUT2D eigenvalue weighted by Gasteiger charge is 1.99. The van der Waals surface area contributed by atoms with Crippen LogP contribution >= 0.6 is 0 Å². The zero-order valence-electron chi connectivity index (χ0n) is 10.6. The molecule has 6 nitrogen and oxygen atoms in total. The van der Waals surface area contributed by atoms with Crippen LogP contribution in [0, 0.1) is 0 Å². The zero-order chi connectivity index (χ0) is 12.3. The predicted octanol–water partition coefficient (Wildman–Crippen LogP) is 1.53. The van der Waals surface area contributed by atoms with E-state index in [1.807, 2.05) is 0 Å². The van der Waals surface area contributed by atoms with Crippen LogP contribution in [-0.2, 0) is 4.74 Å². The van der Waals surface area contributed by atoms with Gasteiger partial charge in [0.2, 0.25) is 5.95 Å². The molecule has 0 aliphatic carbocycles. The first-order valence-corrected chi connectivity index (χ1v) is 6.03. The van der Waals surface area contributed by atoms with Gasteiger partial charge in [0.1, 0.15) is 5.82 Å². The second-order valence-electron chi connectivity index (χ2n) is 3.72. The highest BCUT2D eigenvalue weighted by molar-refractivity contribution is 5.36. The van der Waals surface area contributed by atoms with Gasteiger partial charge in [0.05, 0.1) is 6.20 Å². The van der Waals surface area contributed by atoms with Gasteiger partial charge in [-0.3, -0.25) is 0 Å². The highest BCUT2D eigenvalue weighted by atomic mass is 16.5. The molecule has 0 atom stereocenters. The van der Waals surface area contributed by atoms with Gasteiger partial charge in [-0.05, 0) is 12.8 Å². The number of nitrogens with one attached hydrogen (secondary N) is 2. The van der Waals surface area contributed by atoms with Crippen molar-refractivity contribution in [1.82, 2.24) is 15.2 Å². The van der Waals surface area contributed by atoms with Crippen LogP contribution in [0.25, 0.3) is 0 Å². The molecule has 0 radical (unpaired) electrons. The molecule has 1 rings (SSSR count). The first-order chi connectivity index (χ1) is 8.36. The highest BCUT2D eigenvalue weighted by Crippen LogP contribution is 2.03. The number of methoxy groups -OCH3 is 1. The summed E-state index contributed by atoms with van der Waals surface area (Å²) in [6, 6.07) is 0. The van der Waals surface area contributed by atoms with Gasteiger partial charge < -0.3 is 15.4 Å². The van der Waals surface area contributed by atoms with Crippen molar-refractivity contribution in [3.63, 3.8) is 0 Å². The number of hydrogen-bond acceptors (Lipinski definition) is 6. The average Bonchev–Trinajstić information content (AvgIpc) is 2.36. The van der Waals surface area contributed by atoms with Crippen LogP contribution in [0.2, 0.25) is 0 Å². The molecule has 1 aromatic rings. The molecule has 0 aliphatic heterocycles. The van der Waals surface area contributed by atoms with E-state index in [2.05, 4.69) is 32.7 Å². The SMILES string of the molecule is CCCCNc1cnnc(NCCCOC)n1. The van der Waals surface area contributed by atoms with Crippen LogP contribution in [0.3, 0.4) is 0 Å². The number of unbranched alkanes of at least 4 members (excludes halogenated alkanes) is 1. The van der Waals surface area contributed by atoms with Crippen molar-refractivity contribution < 1.29 is 4.74 Å². The van der Waals surface area contributed by atoms with E-state index in [0.717, 1.165) is 44.8 Å². The minimum atomic E-state index is 0.558. The van der Waals surface area contributed by atoms with Crippen LogP contribution < -0.4 is 10.6 Å². The number of ether oxygens (including phenoxy) is 1. The molecule has 0 aromatic carbocycles. The van der Waals surface area contributed by atoms with Crippen molar-refractivity contribution in [2.75, 3.05) is 37.4 Å². The van der Waals surface area contributed by atoms with E-state index in [4.69, 9.17) is 4.74 Å². The molecule has 0 saturated carbocycles. The summed E-state index contributed by atoms with van der Waals surface area (Å²) >= 11 is 0. The standard InChI is InChI=1S/C11H21N5O/c1-3-4-6-12-10-9-14-16-11(15-10)13-7-5-8-17-2/h9H,3-8H2,1-2H3,(H2,12,13,15,16). The van der Waals surface area contributed by atoms with Gasteiger partial charge in [-0.2, -0.15) is 10.1 Å². The molecule has 2 N–H and O–H groups in total. The Balaban J connectivity index is 2.31. The third kappa shape index (κ3) is 6.01. The summed E-state index contributed by atoms with van der Waals surface area (Å²) in [5.74, 6) is 1.32. The van der Waals surface area contributed by atoms with Crippen molar-refractivity contribution in [1.29, 1.82) is 0 Å². The lowest BCUT2D eigenvalue weighted by atomic mass is 10.3. The smallest absolute Gasteiger partial charge is 0.244 e. The summed E-state index contributed by atoms with van der Waals surface area (Å²) in [6.45, 7) is 4.59. The normalized spacial score (nSPS) is 10.2. The minimum absolute atomic E-state index is 0.558. The monoisotopic (exact) mass is 239 g/mol. The molecule has 17 heavy (non-hydrogen) atoms. The van der Waals surface area contributed by atoms with Crippen LogP contribution in [0.5, 0.6) is 0 Å². The molecule has 6 heteroatoms. The molecule has 0 bridgehead atoms. The lowest BCUT2D eigenvalue weighted by molar-refractivity contribution is 0.197. The summed E-state index contributed by atoms with van der Waals surface area (Å²) in [5.41, 5.74) is 0. The van der Waals surface area contributed by atoms with Gasteiger partial charge in [-0.25, -0.2) is 0 Å². The average molecular weight is 239 g/mol. The second-order valence-corrected chi connectivity index (χ2v) is 3.72. The summed E-state index contributed by atoms with van der Waals surface area (Å²) in [4.78, 5) is 4.31. The van der Waals surface area contributed by atoms with Gasteiger partial charge in [-0.1, -0.05) is 13.3 Å². The molecule has 96 valence electrons. The number of rotatable bonds is 9. The Bertz CT molecular complexity index is 308. The van der Waals surface area contributed by atoms with Crippen LogP contribution in [-0.4, -0.2) is 42.0 Å². The van der Waals surface area contributed by atoms with Gasteiger partial charge in [0, 0.05) is 26.8 Å². The Labute approximate surface area is 102 Å². The molecular weight excluding hydrogens is 218 g/mol. The van der Waals surface area contributed by atoms with Crippen molar-refractivity contribution in [3.8, 4) is 0 Å². The van der Waals surface area contributed by atoms with E-state index in [1.165, 1.54) is 0 Å². The Morgan fingerprint density at radius 1 is 1.24 bits per heavy atom. The first-order valence-electron chi connectivity index (χ1n) is 6.03. The molecule has 1 aromatic heterocycles. The Morgan fingerprint density at radius 3 is 2.82 bits per heavy atom. The lowest BCUT2D eigenvalue weighted by Gasteiger charge is -2.06. The third-order valence-corrected chi connectivity index (χ3v) is 2.20. The van der Waals surface area contributed by atoms with Gasteiger partial charge >= 0.3 is 0 Å². The second kappa shape index (κ2) is 8.69. The fraction of sp³-hybridized carbons (Fsp3) is 0.727. The van der Waals surface area contributed by atoms with Gasteiger partial charge in [0.15, 0.2) is 0 Å². The fourth-order valence-electron chi connectivity index (χ4n) is 1.27. The van der Waals surface area contributed by atoms with Gasteiger partial charge in [-0.15, -0.1) is 5.10 Å². The van der Waals surface area contributed by atoms with E-state index in [9.17, 15) is 0 Å². The maximum absolute atomic E-state index is 4.96. The number of nitrogens with zero attached hydrogens (tertiary/aromatic N) is 3. The Hall–Kier alpha value is -1.43. The first kappa shape index (κ1) is 13.6. The number of anilines is 2. The van der Waals surface area contributed by atoms with Crippen molar-refractivity contribution in [3.05, 3.63) is 6.20 Å².